The maximum absolute atomic E-state index is 5.44. The van der Waals surface area contributed by atoms with Crippen LogP contribution in [0.25, 0.3) is 0 Å². The highest BCUT2D eigenvalue weighted by Crippen LogP contribution is 2.11. The van der Waals surface area contributed by atoms with E-state index in [0.717, 1.165) is 11.3 Å². The summed E-state index contributed by atoms with van der Waals surface area (Å²) >= 11 is 5.18. The first kappa shape index (κ1) is 16.0. The molecule has 4 nitrogen and oxygen atoms in total. The maximum Gasteiger partial charge on any atom is 0.187 e. The number of benzene rings is 2. The van der Waals surface area contributed by atoms with E-state index >= 15 is 0 Å². The van der Waals surface area contributed by atoms with Crippen LogP contribution in [-0.2, 0) is 6.54 Å². The number of hydrogen-bond donors (Lipinski definition) is 2. The lowest BCUT2D eigenvalue weighted by molar-refractivity contribution is 0.340. The summed E-state index contributed by atoms with van der Waals surface area (Å²) in [4.78, 5) is 0. The zero-order chi connectivity index (χ0) is 15.6. The molecule has 0 bridgehead atoms. The van der Waals surface area contributed by atoms with Crippen LogP contribution in [0.1, 0.15) is 18.1 Å². The molecule has 2 rings (SSSR count). The number of hydrogen-bond acceptors (Lipinski definition) is 3. The van der Waals surface area contributed by atoms with Gasteiger partial charge in [-0.05, 0) is 42.4 Å². The third-order valence-electron chi connectivity index (χ3n) is 2.84. The average molecular weight is 313 g/mol. The van der Waals surface area contributed by atoms with Gasteiger partial charge in [-0.2, -0.15) is 5.10 Å². The second kappa shape index (κ2) is 8.79. The van der Waals surface area contributed by atoms with Gasteiger partial charge in [0.25, 0.3) is 0 Å². The Labute approximate surface area is 136 Å². The fraction of sp³-hybridized carbons (Fsp3) is 0.176. The van der Waals surface area contributed by atoms with Gasteiger partial charge in [0.15, 0.2) is 5.11 Å². The van der Waals surface area contributed by atoms with Crippen LogP contribution in [0.4, 0.5) is 0 Å². The van der Waals surface area contributed by atoms with Crippen LogP contribution in [-0.4, -0.2) is 17.9 Å². The molecular formula is C17H19N3OS. The van der Waals surface area contributed by atoms with Crippen molar-refractivity contribution in [1.29, 1.82) is 0 Å². The molecule has 0 spiro atoms. The number of rotatable bonds is 6. The Morgan fingerprint density at radius 1 is 1.18 bits per heavy atom. The quantitative estimate of drug-likeness (QED) is 0.489. The van der Waals surface area contributed by atoms with E-state index < -0.39 is 0 Å². The second-order valence-corrected chi connectivity index (χ2v) is 4.95. The summed E-state index contributed by atoms with van der Waals surface area (Å²) in [7, 11) is 0. The Kier molecular flexibility index (Phi) is 6.39. The fourth-order valence-corrected chi connectivity index (χ4v) is 1.96. The molecule has 2 aromatic rings. The molecule has 0 fully saturated rings. The van der Waals surface area contributed by atoms with Crippen molar-refractivity contribution in [2.75, 3.05) is 6.61 Å². The highest BCUT2D eigenvalue weighted by atomic mass is 32.1. The Morgan fingerprint density at radius 2 is 2.00 bits per heavy atom. The predicted octanol–water partition coefficient (Wildman–Crippen LogP) is 3.08. The van der Waals surface area contributed by atoms with E-state index in [0.29, 0.717) is 18.3 Å². The minimum atomic E-state index is 0.487. The van der Waals surface area contributed by atoms with Crippen LogP contribution in [0.5, 0.6) is 5.75 Å². The van der Waals surface area contributed by atoms with Gasteiger partial charge in [0.05, 0.1) is 12.8 Å². The van der Waals surface area contributed by atoms with E-state index in [1.54, 1.807) is 6.21 Å². The number of ether oxygens (including phenoxy) is 1. The predicted molar refractivity (Wildman–Crippen MR) is 94.2 cm³/mol. The van der Waals surface area contributed by atoms with E-state index in [9.17, 15) is 0 Å². The zero-order valence-electron chi connectivity index (χ0n) is 12.5. The first-order valence-electron chi connectivity index (χ1n) is 7.11. The van der Waals surface area contributed by atoms with Gasteiger partial charge in [-0.1, -0.05) is 42.5 Å². The third-order valence-corrected chi connectivity index (χ3v) is 3.08. The monoisotopic (exact) mass is 313 g/mol. The lowest BCUT2D eigenvalue weighted by atomic mass is 10.2. The normalized spacial score (nSPS) is 10.4. The Hall–Kier alpha value is -2.40. The fourth-order valence-electron chi connectivity index (χ4n) is 1.83. The smallest absolute Gasteiger partial charge is 0.187 e. The summed E-state index contributed by atoms with van der Waals surface area (Å²) in [6, 6.07) is 17.8. The van der Waals surface area contributed by atoms with Crippen LogP contribution in [0.2, 0.25) is 0 Å². The Balaban J connectivity index is 1.79. The summed E-state index contributed by atoms with van der Waals surface area (Å²) < 4.78 is 5.44. The highest BCUT2D eigenvalue weighted by Gasteiger charge is 1.95. The van der Waals surface area contributed by atoms with Gasteiger partial charge in [0.2, 0.25) is 0 Å². The molecule has 5 heteroatoms. The molecule has 0 unspecified atom stereocenters. The molecule has 0 aliphatic rings. The molecule has 0 saturated carbocycles. The minimum absolute atomic E-state index is 0.487. The maximum atomic E-state index is 5.44. The van der Waals surface area contributed by atoms with E-state index in [1.807, 2.05) is 61.5 Å². The van der Waals surface area contributed by atoms with E-state index in [2.05, 4.69) is 15.8 Å². The van der Waals surface area contributed by atoms with Crippen molar-refractivity contribution in [3.8, 4) is 5.75 Å². The van der Waals surface area contributed by atoms with Crippen molar-refractivity contribution in [2.45, 2.75) is 13.5 Å². The molecule has 0 aromatic heterocycles. The van der Waals surface area contributed by atoms with Gasteiger partial charge in [-0.3, -0.25) is 5.43 Å². The molecule has 2 N–H and O–H groups in total. The van der Waals surface area contributed by atoms with Crippen molar-refractivity contribution >= 4 is 23.5 Å². The van der Waals surface area contributed by atoms with Crippen LogP contribution >= 0.6 is 12.2 Å². The van der Waals surface area contributed by atoms with Gasteiger partial charge in [-0.15, -0.1) is 0 Å². The molecule has 114 valence electrons. The lowest BCUT2D eigenvalue weighted by Gasteiger charge is -2.07. The number of thiocarbonyl (C=S) groups is 1. The van der Waals surface area contributed by atoms with Crippen molar-refractivity contribution in [2.24, 2.45) is 5.10 Å². The molecule has 0 aliphatic carbocycles. The SMILES string of the molecule is CCOc1cccc(/C=N\NC(=S)NCc2ccccc2)c1. The van der Waals surface area contributed by atoms with Crippen LogP contribution in [0, 0.1) is 0 Å². The topological polar surface area (TPSA) is 45.6 Å². The highest BCUT2D eigenvalue weighted by molar-refractivity contribution is 7.80. The molecule has 0 amide bonds. The van der Waals surface area contributed by atoms with Crippen LogP contribution < -0.4 is 15.5 Å². The molecule has 22 heavy (non-hydrogen) atoms. The third kappa shape index (κ3) is 5.54. The van der Waals surface area contributed by atoms with Crippen LogP contribution in [0.15, 0.2) is 59.7 Å². The molecule has 0 atom stereocenters. The van der Waals surface area contributed by atoms with E-state index in [4.69, 9.17) is 17.0 Å². The standard InChI is InChI=1S/C17H19N3OS/c1-2-21-16-10-6-9-15(11-16)13-19-20-17(22)18-12-14-7-4-3-5-8-14/h3-11,13H,2,12H2,1H3,(H2,18,20,22)/b19-13-. The first-order chi connectivity index (χ1) is 10.8. The molecule has 2 aromatic carbocycles. The summed E-state index contributed by atoms with van der Waals surface area (Å²) in [6.45, 7) is 3.27. The van der Waals surface area contributed by atoms with Gasteiger partial charge >= 0.3 is 0 Å². The largest absolute Gasteiger partial charge is 0.494 e. The van der Waals surface area contributed by atoms with E-state index in [-0.39, 0.29) is 0 Å². The van der Waals surface area contributed by atoms with Crippen molar-refractivity contribution < 1.29 is 4.74 Å². The molecular weight excluding hydrogens is 294 g/mol. The summed E-state index contributed by atoms with van der Waals surface area (Å²) in [6.07, 6.45) is 1.71. The molecule has 0 heterocycles. The Morgan fingerprint density at radius 3 is 2.77 bits per heavy atom. The number of nitrogens with zero attached hydrogens (tertiary/aromatic N) is 1. The van der Waals surface area contributed by atoms with E-state index in [1.165, 1.54) is 5.56 Å². The van der Waals surface area contributed by atoms with Gasteiger partial charge in [0.1, 0.15) is 5.75 Å². The summed E-state index contributed by atoms with van der Waals surface area (Å²) in [5.74, 6) is 0.830. The molecule has 0 saturated heterocycles. The zero-order valence-corrected chi connectivity index (χ0v) is 13.3. The summed E-state index contributed by atoms with van der Waals surface area (Å²) in [5.41, 5.74) is 4.92. The molecule has 0 aliphatic heterocycles. The summed E-state index contributed by atoms with van der Waals surface area (Å²) in [5, 5.41) is 7.71. The molecule has 0 radical (unpaired) electrons. The second-order valence-electron chi connectivity index (χ2n) is 4.54. The number of nitrogens with one attached hydrogen (secondary N) is 2. The first-order valence-corrected chi connectivity index (χ1v) is 7.52. The van der Waals surface area contributed by atoms with Gasteiger partial charge in [-0.25, -0.2) is 0 Å². The van der Waals surface area contributed by atoms with Crippen molar-refractivity contribution in [3.63, 3.8) is 0 Å². The average Bonchev–Trinajstić information content (AvgIpc) is 2.55. The van der Waals surface area contributed by atoms with Gasteiger partial charge < -0.3 is 10.1 Å². The van der Waals surface area contributed by atoms with Gasteiger partial charge in [0, 0.05) is 6.54 Å². The minimum Gasteiger partial charge on any atom is -0.494 e. The van der Waals surface area contributed by atoms with Crippen molar-refractivity contribution in [1.82, 2.24) is 10.7 Å². The lowest BCUT2D eigenvalue weighted by Crippen LogP contribution is -2.31. The number of hydrazone groups is 1. The van der Waals surface area contributed by atoms with Crippen LogP contribution in [0.3, 0.4) is 0 Å². The Bertz CT molecular complexity index is 629. The van der Waals surface area contributed by atoms with Crippen molar-refractivity contribution in [3.05, 3.63) is 65.7 Å².